The van der Waals surface area contributed by atoms with Crippen LogP contribution in [0.3, 0.4) is 0 Å². The Bertz CT molecular complexity index is 1120. The monoisotopic (exact) mass is 434 g/mol. The van der Waals surface area contributed by atoms with E-state index in [2.05, 4.69) is 5.32 Å². The molecule has 158 valence electrons. The van der Waals surface area contributed by atoms with E-state index in [-0.39, 0.29) is 21.7 Å². The number of nitro benzene ring substituents is 2. The molecule has 3 rings (SSSR count). The van der Waals surface area contributed by atoms with Crippen molar-refractivity contribution in [2.75, 3.05) is 18.4 Å². The molecule has 0 bridgehead atoms. The van der Waals surface area contributed by atoms with E-state index in [1.54, 1.807) is 0 Å². The molecule has 1 saturated heterocycles. The van der Waals surface area contributed by atoms with Gasteiger partial charge in [0.05, 0.1) is 26.4 Å². The first-order valence-electron chi connectivity index (χ1n) is 8.96. The van der Waals surface area contributed by atoms with Crippen LogP contribution in [0.25, 0.3) is 0 Å². The van der Waals surface area contributed by atoms with Gasteiger partial charge in [-0.05, 0) is 44.0 Å². The maximum Gasteiger partial charge on any atom is 0.279 e. The lowest BCUT2D eigenvalue weighted by Crippen LogP contribution is -2.27. The summed E-state index contributed by atoms with van der Waals surface area (Å²) in [5.74, 6) is -0.783. The van der Waals surface area contributed by atoms with E-state index in [0.717, 1.165) is 25.0 Å². The van der Waals surface area contributed by atoms with Crippen LogP contribution >= 0.6 is 0 Å². The highest BCUT2D eigenvalue weighted by Crippen LogP contribution is 2.29. The van der Waals surface area contributed by atoms with Crippen molar-refractivity contribution in [2.24, 2.45) is 0 Å². The summed E-state index contributed by atoms with van der Waals surface area (Å²) in [5.41, 5.74) is -1.11. The summed E-state index contributed by atoms with van der Waals surface area (Å²) in [7, 11) is -3.60. The molecule has 0 unspecified atom stereocenters. The zero-order valence-electron chi connectivity index (χ0n) is 15.9. The molecular formula is C18H18N4O7S. The molecule has 1 aliphatic heterocycles. The zero-order valence-corrected chi connectivity index (χ0v) is 16.7. The highest BCUT2D eigenvalue weighted by molar-refractivity contribution is 7.89. The predicted molar refractivity (Wildman–Crippen MR) is 107 cm³/mol. The van der Waals surface area contributed by atoms with Crippen LogP contribution in [-0.4, -0.2) is 41.6 Å². The Morgan fingerprint density at radius 3 is 2.17 bits per heavy atom. The highest BCUT2D eigenvalue weighted by atomic mass is 32.2. The Kier molecular flexibility index (Phi) is 5.80. The average molecular weight is 434 g/mol. The van der Waals surface area contributed by atoms with Gasteiger partial charge in [0.15, 0.2) is 0 Å². The molecule has 1 N–H and O–H groups in total. The molecule has 0 radical (unpaired) electrons. The quantitative estimate of drug-likeness (QED) is 0.542. The van der Waals surface area contributed by atoms with Crippen molar-refractivity contribution in [3.63, 3.8) is 0 Å². The van der Waals surface area contributed by atoms with Crippen molar-refractivity contribution in [3.8, 4) is 0 Å². The third kappa shape index (κ3) is 4.14. The lowest BCUT2D eigenvalue weighted by Gasteiger charge is -2.15. The molecular weight excluding hydrogens is 416 g/mol. The van der Waals surface area contributed by atoms with E-state index in [1.807, 2.05) is 0 Å². The summed E-state index contributed by atoms with van der Waals surface area (Å²) in [6.07, 6.45) is 1.62. The maximum atomic E-state index is 12.6. The first kappa shape index (κ1) is 21.3. The van der Waals surface area contributed by atoms with Gasteiger partial charge >= 0.3 is 0 Å². The second-order valence-electron chi connectivity index (χ2n) is 6.74. The summed E-state index contributed by atoms with van der Waals surface area (Å²) in [5, 5.41) is 24.7. The molecule has 0 spiro atoms. The largest absolute Gasteiger partial charge is 0.322 e. The molecule has 12 heteroatoms. The number of hydrogen-bond donors (Lipinski definition) is 1. The predicted octanol–water partition coefficient (Wildman–Crippen LogP) is 2.85. The number of sulfonamides is 1. The first-order valence-corrected chi connectivity index (χ1v) is 10.4. The smallest absolute Gasteiger partial charge is 0.279 e. The third-order valence-corrected chi connectivity index (χ3v) is 6.75. The van der Waals surface area contributed by atoms with E-state index in [4.69, 9.17) is 0 Å². The van der Waals surface area contributed by atoms with Crippen LogP contribution in [0.2, 0.25) is 0 Å². The topological polar surface area (TPSA) is 153 Å². The van der Waals surface area contributed by atoms with E-state index in [0.29, 0.717) is 13.1 Å². The number of benzene rings is 2. The van der Waals surface area contributed by atoms with Gasteiger partial charge in [-0.3, -0.25) is 25.0 Å². The van der Waals surface area contributed by atoms with Crippen molar-refractivity contribution in [1.82, 2.24) is 4.31 Å². The molecule has 2 aromatic rings. The van der Waals surface area contributed by atoms with Crippen LogP contribution in [0.4, 0.5) is 17.1 Å². The SMILES string of the molecule is Cc1c(C(=O)Nc2ccc(S(=O)(=O)N3CCCC3)cc2)cc([N+](=O)[O-])cc1[N+](=O)[O-]. The van der Waals surface area contributed by atoms with Gasteiger partial charge in [-0.25, -0.2) is 8.42 Å². The minimum absolute atomic E-state index is 0.0173. The lowest BCUT2D eigenvalue weighted by atomic mass is 10.0. The molecule has 1 heterocycles. The van der Waals surface area contributed by atoms with Crippen LogP contribution in [0.5, 0.6) is 0 Å². The molecule has 1 amide bonds. The number of carbonyl (C=O) groups is 1. The highest BCUT2D eigenvalue weighted by Gasteiger charge is 2.27. The van der Waals surface area contributed by atoms with Crippen molar-refractivity contribution >= 4 is 33.0 Å². The van der Waals surface area contributed by atoms with Gasteiger partial charge in [0.25, 0.3) is 17.3 Å². The van der Waals surface area contributed by atoms with Gasteiger partial charge in [0, 0.05) is 30.4 Å². The van der Waals surface area contributed by atoms with Gasteiger partial charge in [-0.2, -0.15) is 4.31 Å². The van der Waals surface area contributed by atoms with Gasteiger partial charge in [0.1, 0.15) is 0 Å². The average Bonchev–Trinajstić information content (AvgIpc) is 3.23. The Balaban J connectivity index is 1.86. The minimum atomic E-state index is -3.60. The normalized spacial score (nSPS) is 14.4. The standard InChI is InChI=1S/C18H18N4O7S/c1-12-16(10-14(21(24)25)11-17(12)22(26)27)18(23)19-13-4-6-15(7-5-13)30(28,29)20-8-2-3-9-20/h4-7,10-11H,2-3,8-9H2,1H3,(H,19,23). The van der Waals surface area contributed by atoms with E-state index in [1.165, 1.54) is 35.5 Å². The first-order chi connectivity index (χ1) is 14.1. The fourth-order valence-corrected chi connectivity index (χ4v) is 4.72. The third-order valence-electron chi connectivity index (χ3n) is 4.83. The van der Waals surface area contributed by atoms with Crippen molar-refractivity contribution in [2.45, 2.75) is 24.7 Å². The molecule has 1 fully saturated rings. The molecule has 0 saturated carbocycles. The van der Waals surface area contributed by atoms with E-state index < -0.39 is 37.2 Å². The summed E-state index contributed by atoms with van der Waals surface area (Å²) in [4.78, 5) is 33.3. The molecule has 30 heavy (non-hydrogen) atoms. The van der Waals surface area contributed by atoms with E-state index in [9.17, 15) is 33.4 Å². The number of nitrogens with zero attached hydrogens (tertiary/aromatic N) is 3. The zero-order chi connectivity index (χ0) is 22.1. The lowest BCUT2D eigenvalue weighted by molar-refractivity contribution is -0.394. The number of rotatable bonds is 6. The summed E-state index contributed by atoms with van der Waals surface area (Å²) in [6.45, 7) is 2.25. The Morgan fingerprint density at radius 1 is 1.03 bits per heavy atom. The number of nitrogens with one attached hydrogen (secondary N) is 1. The second-order valence-corrected chi connectivity index (χ2v) is 8.68. The number of anilines is 1. The molecule has 0 aliphatic carbocycles. The van der Waals surface area contributed by atoms with Crippen LogP contribution in [-0.2, 0) is 10.0 Å². The molecule has 0 aromatic heterocycles. The van der Waals surface area contributed by atoms with Crippen molar-refractivity contribution < 1.29 is 23.1 Å². The van der Waals surface area contributed by atoms with Crippen molar-refractivity contribution in [3.05, 3.63) is 67.8 Å². The molecule has 11 nitrogen and oxygen atoms in total. The fourth-order valence-electron chi connectivity index (χ4n) is 3.20. The number of carbonyl (C=O) groups excluding carboxylic acids is 1. The number of nitro groups is 2. The Hall–Kier alpha value is -3.38. The van der Waals surface area contributed by atoms with Crippen LogP contribution < -0.4 is 5.32 Å². The van der Waals surface area contributed by atoms with Crippen LogP contribution in [0.1, 0.15) is 28.8 Å². The van der Waals surface area contributed by atoms with Gasteiger partial charge in [-0.1, -0.05) is 0 Å². The van der Waals surface area contributed by atoms with Gasteiger partial charge in [-0.15, -0.1) is 0 Å². The number of non-ortho nitro benzene ring substituents is 1. The molecule has 0 atom stereocenters. The van der Waals surface area contributed by atoms with Crippen LogP contribution in [0, 0.1) is 27.2 Å². The summed E-state index contributed by atoms with van der Waals surface area (Å²) in [6, 6.07) is 7.25. The van der Waals surface area contributed by atoms with Crippen LogP contribution in [0.15, 0.2) is 41.3 Å². The fraction of sp³-hybridized carbons (Fsp3) is 0.278. The minimum Gasteiger partial charge on any atom is -0.322 e. The van der Waals surface area contributed by atoms with Crippen molar-refractivity contribution in [1.29, 1.82) is 0 Å². The van der Waals surface area contributed by atoms with E-state index >= 15 is 0 Å². The van der Waals surface area contributed by atoms with Gasteiger partial charge < -0.3 is 5.32 Å². The number of amides is 1. The maximum absolute atomic E-state index is 12.6. The molecule has 1 aliphatic rings. The second kappa shape index (κ2) is 8.16. The number of hydrogen-bond acceptors (Lipinski definition) is 7. The molecule has 2 aromatic carbocycles. The summed E-state index contributed by atoms with van der Waals surface area (Å²) >= 11 is 0. The summed E-state index contributed by atoms with van der Waals surface area (Å²) < 4.78 is 26.5. The Morgan fingerprint density at radius 2 is 1.63 bits per heavy atom. The Labute approximate surface area is 171 Å². The van der Waals surface area contributed by atoms with Gasteiger partial charge in [0.2, 0.25) is 10.0 Å².